The number of carbonyl (C=O) groups is 2. The van der Waals surface area contributed by atoms with Crippen LogP contribution in [0.3, 0.4) is 0 Å². The van der Waals surface area contributed by atoms with E-state index in [0.717, 1.165) is 26.9 Å². The Kier molecular flexibility index (Phi) is 6.11. The molecule has 0 bridgehead atoms. The largest absolute Gasteiger partial charge is 0.324 e. The van der Waals surface area contributed by atoms with Crippen LogP contribution in [0.25, 0.3) is 0 Å². The van der Waals surface area contributed by atoms with E-state index in [1.807, 2.05) is 52.0 Å². The number of anilines is 2. The lowest BCUT2D eigenvalue weighted by Gasteiger charge is -2.11. The van der Waals surface area contributed by atoms with Crippen LogP contribution in [0.2, 0.25) is 0 Å². The number of hydrogen-bond donors (Lipinski definition) is 2. The molecular formula is C23H24N4O3. The fourth-order valence-electron chi connectivity index (χ4n) is 2.91. The molecule has 2 N–H and O–H groups in total. The molecule has 3 aromatic rings. The molecule has 7 nitrogen and oxygen atoms in total. The summed E-state index contributed by atoms with van der Waals surface area (Å²) in [5.41, 5.74) is 5.07. The number of hydrogen-bond acceptors (Lipinski definition) is 4. The van der Waals surface area contributed by atoms with E-state index in [1.165, 1.54) is 12.1 Å². The van der Waals surface area contributed by atoms with Crippen molar-refractivity contribution in [2.45, 2.75) is 34.2 Å². The summed E-state index contributed by atoms with van der Waals surface area (Å²) in [6, 6.07) is 13.7. The minimum Gasteiger partial charge on any atom is -0.324 e. The molecule has 0 aliphatic rings. The van der Waals surface area contributed by atoms with Gasteiger partial charge in [0.2, 0.25) is 5.91 Å². The predicted octanol–water partition coefficient (Wildman–Crippen LogP) is 3.37. The quantitative estimate of drug-likeness (QED) is 0.682. The number of benzene rings is 2. The highest BCUT2D eigenvalue weighted by Crippen LogP contribution is 2.18. The minimum absolute atomic E-state index is 0.0485. The highest BCUT2D eigenvalue weighted by molar-refractivity contribution is 6.02. The van der Waals surface area contributed by atoms with Crippen LogP contribution in [-0.2, 0) is 11.3 Å². The Hall–Kier alpha value is -3.74. The summed E-state index contributed by atoms with van der Waals surface area (Å²) in [5.74, 6) is -0.855. The van der Waals surface area contributed by atoms with E-state index in [0.29, 0.717) is 11.4 Å². The van der Waals surface area contributed by atoms with E-state index >= 15 is 0 Å². The predicted molar refractivity (Wildman–Crippen MR) is 117 cm³/mol. The van der Waals surface area contributed by atoms with Gasteiger partial charge in [-0.15, -0.1) is 0 Å². The summed E-state index contributed by atoms with van der Waals surface area (Å²) >= 11 is 0. The van der Waals surface area contributed by atoms with Crippen molar-refractivity contribution in [3.63, 3.8) is 0 Å². The molecule has 0 aliphatic carbocycles. The van der Waals surface area contributed by atoms with Gasteiger partial charge in [0.25, 0.3) is 11.5 Å². The van der Waals surface area contributed by atoms with Crippen LogP contribution in [-0.4, -0.2) is 21.6 Å². The summed E-state index contributed by atoms with van der Waals surface area (Å²) in [7, 11) is 0. The minimum atomic E-state index is -0.464. The van der Waals surface area contributed by atoms with E-state index in [-0.39, 0.29) is 12.2 Å². The number of nitrogens with zero attached hydrogens (tertiary/aromatic N) is 2. The lowest BCUT2D eigenvalue weighted by molar-refractivity contribution is -0.117. The molecule has 30 heavy (non-hydrogen) atoms. The average molecular weight is 404 g/mol. The highest BCUT2D eigenvalue weighted by atomic mass is 16.2. The second-order valence-electron chi connectivity index (χ2n) is 7.26. The van der Waals surface area contributed by atoms with Crippen LogP contribution in [0.5, 0.6) is 0 Å². The van der Waals surface area contributed by atoms with Gasteiger partial charge in [-0.1, -0.05) is 18.2 Å². The van der Waals surface area contributed by atoms with Crippen molar-refractivity contribution in [1.29, 1.82) is 0 Å². The van der Waals surface area contributed by atoms with Gasteiger partial charge in [-0.25, -0.2) is 4.68 Å². The molecule has 0 radical (unpaired) electrons. The summed E-state index contributed by atoms with van der Waals surface area (Å²) < 4.78 is 0.982. The summed E-state index contributed by atoms with van der Waals surface area (Å²) in [5, 5.41) is 9.61. The second kappa shape index (κ2) is 8.73. The highest BCUT2D eigenvalue weighted by Gasteiger charge is 2.13. The van der Waals surface area contributed by atoms with Crippen molar-refractivity contribution < 1.29 is 9.59 Å². The van der Waals surface area contributed by atoms with Gasteiger partial charge in [0.15, 0.2) is 0 Å². The third-order valence-electron chi connectivity index (χ3n) is 5.04. The third-order valence-corrected chi connectivity index (χ3v) is 5.04. The number of nitrogens with one attached hydrogen (secondary N) is 2. The molecule has 1 heterocycles. The smallest absolute Gasteiger partial charge is 0.276 e. The monoisotopic (exact) mass is 404 g/mol. The topological polar surface area (TPSA) is 93.1 Å². The molecule has 0 saturated carbocycles. The van der Waals surface area contributed by atoms with E-state index in [1.54, 1.807) is 12.1 Å². The van der Waals surface area contributed by atoms with Gasteiger partial charge in [-0.05, 0) is 74.2 Å². The maximum absolute atomic E-state index is 12.5. The molecule has 3 rings (SSSR count). The van der Waals surface area contributed by atoms with Crippen LogP contribution in [0.15, 0.2) is 53.3 Å². The van der Waals surface area contributed by atoms with Gasteiger partial charge in [-0.3, -0.25) is 14.4 Å². The standard InChI is InChI=1S/C23H24N4O3/c1-14-8-9-18(12-16(14)3)24-23(30)20-10-11-22(29)27(26-20)13-21(28)25-19-7-5-6-15(2)17(19)4/h5-12H,13H2,1-4H3,(H,24,30)(H,25,28). The van der Waals surface area contributed by atoms with Gasteiger partial charge in [0.05, 0.1) is 0 Å². The SMILES string of the molecule is Cc1ccc(NC(=O)c2ccc(=O)n(CC(=O)Nc3cccc(C)c3C)n2)cc1C. The van der Waals surface area contributed by atoms with E-state index in [4.69, 9.17) is 0 Å². The van der Waals surface area contributed by atoms with Crippen LogP contribution >= 0.6 is 0 Å². The van der Waals surface area contributed by atoms with Crippen molar-refractivity contribution in [1.82, 2.24) is 9.78 Å². The van der Waals surface area contributed by atoms with Gasteiger partial charge < -0.3 is 10.6 Å². The number of rotatable bonds is 5. The number of aromatic nitrogens is 2. The Bertz CT molecular complexity index is 1180. The maximum atomic E-state index is 12.5. The molecule has 7 heteroatoms. The Balaban J connectivity index is 1.75. The molecule has 0 aliphatic heterocycles. The van der Waals surface area contributed by atoms with E-state index in [2.05, 4.69) is 15.7 Å². The normalized spacial score (nSPS) is 10.5. The maximum Gasteiger partial charge on any atom is 0.276 e. The first-order chi connectivity index (χ1) is 14.2. The van der Waals surface area contributed by atoms with Crippen molar-refractivity contribution in [2.24, 2.45) is 0 Å². The van der Waals surface area contributed by atoms with E-state index in [9.17, 15) is 14.4 Å². The van der Waals surface area contributed by atoms with Crippen LogP contribution < -0.4 is 16.2 Å². The molecular weight excluding hydrogens is 380 g/mol. The van der Waals surface area contributed by atoms with Crippen molar-refractivity contribution in [2.75, 3.05) is 10.6 Å². The molecule has 154 valence electrons. The molecule has 0 spiro atoms. The number of aryl methyl sites for hydroxylation is 3. The Morgan fingerprint density at radius 2 is 1.67 bits per heavy atom. The zero-order valence-electron chi connectivity index (χ0n) is 17.4. The summed E-state index contributed by atoms with van der Waals surface area (Å²) in [4.78, 5) is 37.1. The Morgan fingerprint density at radius 3 is 2.40 bits per heavy atom. The first kappa shape index (κ1) is 21.0. The van der Waals surface area contributed by atoms with Crippen LogP contribution in [0.1, 0.15) is 32.7 Å². The fraction of sp³-hybridized carbons (Fsp3) is 0.217. The fourth-order valence-corrected chi connectivity index (χ4v) is 2.91. The first-order valence-electron chi connectivity index (χ1n) is 9.57. The zero-order valence-corrected chi connectivity index (χ0v) is 17.4. The zero-order chi connectivity index (χ0) is 21.8. The molecule has 0 unspecified atom stereocenters. The van der Waals surface area contributed by atoms with Crippen molar-refractivity contribution >= 4 is 23.2 Å². The van der Waals surface area contributed by atoms with Gasteiger partial charge in [0.1, 0.15) is 12.2 Å². The molecule has 2 amide bonds. The summed E-state index contributed by atoms with van der Waals surface area (Å²) in [6.07, 6.45) is 0. The van der Waals surface area contributed by atoms with Crippen molar-refractivity contribution in [3.05, 3.63) is 86.8 Å². The lowest BCUT2D eigenvalue weighted by atomic mass is 10.1. The molecule has 0 atom stereocenters. The van der Waals surface area contributed by atoms with Gasteiger partial charge in [-0.2, -0.15) is 5.10 Å². The Labute approximate surface area is 174 Å². The van der Waals surface area contributed by atoms with Gasteiger partial charge >= 0.3 is 0 Å². The van der Waals surface area contributed by atoms with Crippen molar-refractivity contribution in [3.8, 4) is 0 Å². The average Bonchev–Trinajstić information content (AvgIpc) is 2.70. The lowest BCUT2D eigenvalue weighted by Crippen LogP contribution is -2.31. The molecule has 1 aromatic heterocycles. The summed E-state index contributed by atoms with van der Waals surface area (Å²) in [6.45, 7) is 7.51. The molecule has 0 fully saturated rings. The number of carbonyl (C=O) groups excluding carboxylic acids is 2. The van der Waals surface area contributed by atoms with Crippen LogP contribution in [0.4, 0.5) is 11.4 Å². The Morgan fingerprint density at radius 1 is 0.900 bits per heavy atom. The third kappa shape index (κ3) is 4.81. The number of amides is 2. The second-order valence-corrected chi connectivity index (χ2v) is 7.26. The van der Waals surface area contributed by atoms with Crippen LogP contribution in [0, 0.1) is 27.7 Å². The first-order valence-corrected chi connectivity index (χ1v) is 9.57. The van der Waals surface area contributed by atoms with E-state index < -0.39 is 17.4 Å². The molecule has 2 aromatic carbocycles. The van der Waals surface area contributed by atoms with Gasteiger partial charge in [0, 0.05) is 17.4 Å². The molecule has 0 saturated heterocycles.